The lowest BCUT2D eigenvalue weighted by atomic mass is 9.81. The molecule has 1 aliphatic rings. The van der Waals surface area contributed by atoms with E-state index in [0.717, 1.165) is 24.3 Å². The summed E-state index contributed by atoms with van der Waals surface area (Å²) in [7, 11) is 0. The zero-order valence-electron chi connectivity index (χ0n) is 11.4. The zero-order chi connectivity index (χ0) is 13.3. The molecule has 0 spiro atoms. The van der Waals surface area contributed by atoms with Crippen LogP contribution in [0.3, 0.4) is 0 Å². The van der Waals surface area contributed by atoms with Crippen LogP contribution in [0.25, 0.3) is 0 Å². The average Bonchev–Trinajstić information content (AvgIpc) is 2.63. The van der Waals surface area contributed by atoms with E-state index in [1.165, 1.54) is 16.9 Å². The molecule has 0 saturated heterocycles. The van der Waals surface area contributed by atoms with E-state index in [4.69, 9.17) is 5.73 Å². The maximum absolute atomic E-state index is 12.0. The Labute approximate surface area is 113 Å². The van der Waals surface area contributed by atoms with Crippen LogP contribution < -0.4 is 11.1 Å². The minimum atomic E-state index is -0.00417. The monoisotopic (exact) mass is 266 g/mol. The van der Waals surface area contributed by atoms with Gasteiger partial charge >= 0.3 is 0 Å². The minimum absolute atomic E-state index is 0.00417. The molecule has 1 aliphatic carbocycles. The normalized spacial score (nSPS) is 18.8. The van der Waals surface area contributed by atoms with Gasteiger partial charge in [0.15, 0.2) is 0 Å². The third-order valence-electron chi connectivity index (χ3n) is 3.84. The maximum atomic E-state index is 12.0. The first kappa shape index (κ1) is 13.4. The van der Waals surface area contributed by atoms with Crippen molar-refractivity contribution in [3.63, 3.8) is 0 Å². The van der Waals surface area contributed by atoms with Gasteiger partial charge in [-0.25, -0.2) is 0 Å². The van der Waals surface area contributed by atoms with Gasteiger partial charge < -0.3 is 11.1 Å². The van der Waals surface area contributed by atoms with Gasteiger partial charge in [-0.3, -0.25) is 4.79 Å². The molecule has 1 heterocycles. The van der Waals surface area contributed by atoms with Crippen molar-refractivity contribution in [1.82, 2.24) is 5.32 Å². The van der Waals surface area contributed by atoms with E-state index in [2.05, 4.69) is 19.2 Å². The average molecular weight is 266 g/mol. The molecule has 4 heteroatoms. The van der Waals surface area contributed by atoms with E-state index in [9.17, 15) is 4.79 Å². The molecule has 18 heavy (non-hydrogen) atoms. The molecule has 3 nitrogen and oxygen atoms in total. The molecule has 100 valence electrons. The number of fused-ring (bicyclic) bond motifs is 1. The Bertz CT molecular complexity index is 451. The largest absolute Gasteiger partial charge is 0.390 e. The van der Waals surface area contributed by atoms with Crippen molar-refractivity contribution in [3.05, 3.63) is 16.0 Å². The summed E-state index contributed by atoms with van der Waals surface area (Å²) in [6.45, 7) is 7.13. The summed E-state index contributed by atoms with van der Waals surface area (Å²) in [6.07, 6.45) is 3.26. The van der Waals surface area contributed by atoms with Crippen LogP contribution in [0.4, 0.5) is 5.00 Å². The number of anilines is 1. The smallest absolute Gasteiger partial charge is 0.254 e. The Balaban J connectivity index is 2.29. The molecular weight excluding hydrogens is 244 g/mol. The van der Waals surface area contributed by atoms with Crippen molar-refractivity contribution in [2.75, 3.05) is 12.3 Å². The highest BCUT2D eigenvalue weighted by Gasteiger charge is 2.28. The fourth-order valence-corrected chi connectivity index (χ4v) is 3.91. The van der Waals surface area contributed by atoms with E-state index in [1.54, 1.807) is 11.3 Å². The Morgan fingerprint density at radius 1 is 1.56 bits per heavy atom. The molecule has 0 aromatic carbocycles. The topological polar surface area (TPSA) is 55.1 Å². The molecular formula is C14H22N2OS. The van der Waals surface area contributed by atoms with Gasteiger partial charge in [0, 0.05) is 11.4 Å². The first-order chi connectivity index (χ1) is 8.54. The zero-order valence-corrected chi connectivity index (χ0v) is 12.2. The van der Waals surface area contributed by atoms with Crippen LogP contribution in [-0.4, -0.2) is 12.5 Å². The SMILES string of the molecule is CCNC(=O)c1c(N)sc2c1CCC(C(C)C)C2. The lowest BCUT2D eigenvalue weighted by Crippen LogP contribution is -2.25. The summed E-state index contributed by atoms with van der Waals surface area (Å²) in [4.78, 5) is 13.4. The van der Waals surface area contributed by atoms with Crippen LogP contribution in [0.5, 0.6) is 0 Å². The number of rotatable bonds is 3. The first-order valence-corrected chi connectivity index (χ1v) is 7.54. The van der Waals surface area contributed by atoms with Crippen LogP contribution in [0.2, 0.25) is 0 Å². The van der Waals surface area contributed by atoms with Gasteiger partial charge in [0.25, 0.3) is 5.91 Å². The summed E-state index contributed by atoms with van der Waals surface area (Å²) in [5, 5.41) is 3.55. The van der Waals surface area contributed by atoms with Crippen molar-refractivity contribution in [2.24, 2.45) is 11.8 Å². The minimum Gasteiger partial charge on any atom is -0.390 e. The van der Waals surface area contributed by atoms with Gasteiger partial charge in [-0.2, -0.15) is 0 Å². The number of hydrogen-bond acceptors (Lipinski definition) is 3. The number of hydrogen-bond donors (Lipinski definition) is 2. The predicted octanol–water partition coefficient (Wildman–Crippen LogP) is 2.84. The number of nitrogens with two attached hydrogens (primary N) is 1. The summed E-state index contributed by atoms with van der Waals surface area (Å²) < 4.78 is 0. The van der Waals surface area contributed by atoms with Gasteiger partial charge in [-0.15, -0.1) is 11.3 Å². The highest BCUT2D eigenvalue weighted by molar-refractivity contribution is 7.16. The van der Waals surface area contributed by atoms with E-state index < -0.39 is 0 Å². The molecule has 1 aromatic heterocycles. The van der Waals surface area contributed by atoms with E-state index >= 15 is 0 Å². The quantitative estimate of drug-likeness (QED) is 0.884. The third kappa shape index (κ3) is 2.39. The van der Waals surface area contributed by atoms with Crippen molar-refractivity contribution in [1.29, 1.82) is 0 Å². The van der Waals surface area contributed by atoms with Crippen LogP contribution >= 0.6 is 11.3 Å². The van der Waals surface area contributed by atoms with E-state index in [1.807, 2.05) is 6.92 Å². The second-order valence-electron chi connectivity index (χ2n) is 5.35. The Morgan fingerprint density at radius 2 is 2.28 bits per heavy atom. The summed E-state index contributed by atoms with van der Waals surface area (Å²) >= 11 is 1.61. The van der Waals surface area contributed by atoms with E-state index in [0.29, 0.717) is 17.5 Å². The van der Waals surface area contributed by atoms with Crippen molar-refractivity contribution in [3.8, 4) is 0 Å². The standard InChI is InChI=1S/C14H22N2OS/c1-4-16-14(17)12-10-6-5-9(8(2)3)7-11(10)18-13(12)15/h8-9H,4-7,15H2,1-3H3,(H,16,17). The predicted molar refractivity (Wildman–Crippen MR) is 77.1 cm³/mol. The highest BCUT2D eigenvalue weighted by Crippen LogP contribution is 2.39. The molecule has 2 rings (SSSR count). The van der Waals surface area contributed by atoms with Crippen molar-refractivity contribution in [2.45, 2.75) is 40.0 Å². The number of amides is 1. The van der Waals surface area contributed by atoms with Gasteiger partial charge in [0.2, 0.25) is 0 Å². The van der Waals surface area contributed by atoms with Gasteiger partial charge in [0.05, 0.1) is 10.6 Å². The number of carbonyl (C=O) groups is 1. The number of thiophene rings is 1. The Kier molecular flexibility index (Phi) is 3.95. The summed E-state index contributed by atoms with van der Waals surface area (Å²) in [6, 6.07) is 0. The first-order valence-electron chi connectivity index (χ1n) is 6.72. The molecule has 0 saturated carbocycles. The molecule has 1 amide bonds. The Morgan fingerprint density at radius 3 is 2.89 bits per heavy atom. The fourth-order valence-electron chi connectivity index (χ4n) is 2.70. The van der Waals surface area contributed by atoms with Gasteiger partial charge in [-0.05, 0) is 43.6 Å². The number of nitrogen functional groups attached to an aromatic ring is 1. The Hall–Kier alpha value is -1.03. The molecule has 0 radical (unpaired) electrons. The molecule has 1 unspecified atom stereocenters. The highest BCUT2D eigenvalue weighted by atomic mass is 32.1. The second-order valence-corrected chi connectivity index (χ2v) is 6.49. The maximum Gasteiger partial charge on any atom is 0.254 e. The van der Waals surface area contributed by atoms with Crippen LogP contribution in [-0.2, 0) is 12.8 Å². The van der Waals surface area contributed by atoms with E-state index in [-0.39, 0.29) is 5.91 Å². The van der Waals surface area contributed by atoms with Crippen molar-refractivity contribution < 1.29 is 4.79 Å². The molecule has 3 N–H and O–H groups in total. The number of carbonyl (C=O) groups excluding carboxylic acids is 1. The summed E-state index contributed by atoms with van der Waals surface area (Å²) in [5.74, 6) is 1.43. The molecule has 1 atom stereocenters. The molecule has 0 aliphatic heterocycles. The lowest BCUT2D eigenvalue weighted by molar-refractivity contribution is 0.0955. The molecule has 0 fully saturated rings. The summed E-state index contributed by atoms with van der Waals surface area (Å²) in [5.41, 5.74) is 7.99. The molecule has 0 bridgehead atoms. The number of nitrogens with one attached hydrogen (secondary N) is 1. The van der Waals surface area contributed by atoms with Crippen LogP contribution in [0, 0.1) is 11.8 Å². The third-order valence-corrected chi connectivity index (χ3v) is 4.92. The van der Waals surface area contributed by atoms with Gasteiger partial charge in [0.1, 0.15) is 0 Å². The fraction of sp³-hybridized carbons (Fsp3) is 0.643. The van der Waals surface area contributed by atoms with Crippen LogP contribution in [0.15, 0.2) is 0 Å². The molecule has 1 aromatic rings. The lowest BCUT2D eigenvalue weighted by Gasteiger charge is -2.25. The second kappa shape index (κ2) is 5.31. The van der Waals surface area contributed by atoms with Gasteiger partial charge in [-0.1, -0.05) is 13.8 Å². The van der Waals surface area contributed by atoms with Crippen LogP contribution in [0.1, 0.15) is 48.0 Å². The van der Waals surface area contributed by atoms with Crippen molar-refractivity contribution >= 4 is 22.2 Å².